The zero-order chi connectivity index (χ0) is 18.9. The Morgan fingerprint density at radius 1 is 1.25 bits per heavy atom. The normalized spacial score (nSPS) is 16.8. The Bertz CT molecular complexity index is 1090. The highest BCUT2D eigenvalue weighted by molar-refractivity contribution is 6.30. The lowest BCUT2D eigenvalue weighted by atomic mass is 10.1. The minimum Gasteiger partial charge on any atom is -0.365 e. The van der Waals surface area contributed by atoms with E-state index in [9.17, 15) is 0 Å². The van der Waals surface area contributed by atoms with Crippen LogP contribution in [0.2, 0.25) is 5.02 Å². The third-order valence-electron chi connectivity index (χ3n) is 4.79. The first kappa shape index (κ1) is 16.9. The topological polar surface area (TPSA) is 109 Å². The van der Waals surface area contributed by atoms with Gasteiger partial charge in [0.15, 0.2) is 5.65 Å². The Morgan fingerprint density at radius 2 is 2.14 bits per heavy atom. The number of aromatic amines is 1. The van der Waals surface area contributed by atoms with Gasteiger partial charge in [-0.05, 0) is 29.3 Å². The fourth-order valence-electron chi connectivity index (χ4n) is 3.36. The van der Waals surface area contributed by atoms with E-state index in [4.69, 9.17) is 16.1 Å². The van der Waals surface area contributed by atoms with E-state index in [1.54, 1.807) is 6.20 Å². The maximum absolute atomic E-state index is 5.93. The zero-order valence-electron chi connectivity index (χ0n) is 14.8. The van der Waals surface area contributed by atoms with E-state index in [-0.39, 0.29) is 6.04 Å². The average molecular weight is 397 g/mol. The van der Waals surface area contributed by atoms with Crippen LogP contribution in [0.1, 0.15) is 17.9 Å². The average Bonchev–Trinajstić information content (AvgIpc) is 3.44. The second-order valence-corrected chi connectivity index (χ2v) is 7.16. The Morgan fingerprint density at radius 3 is 3.04 bits per heavy atom. The molecule has 0 unspecified atom stereocenters. The molecule has 0 amide bonds. The Labute approximate surface area is 165 Å². The molecule has 2 N–H and O–H groups in total. The molecular weight excluding hydrogens is 380 g/mol. The summed E-state index contributed by atoms with van der Waals surface area (Å²) in [7, 11) is 0. The molecule has 0 radical (unpaired) electrons. The van der Waals surface area contributed by atoms with Gasteiger partial charge in [-0.3, -0.25) is 5.10 Å². The van der Waals surface area contributed by atoms with Gasteiger partial charge in [0.1, 0.15) is 12.1 Å². The highest BCUT2D eigenvalue weighted by Crippen LogP contribution is 2.23. The molecule has 5 rings (SSSR count). The largest absolute Gasteiger partial charge is 0.365 e. The van der Waals surface area contributed by atoms with E-state index in [0.29, 0.717) is 23.3 Å². The van der Waals surface area contributed by atoms with Gasteiger partial charge >= 0.3 is 0 Å². The third-order valence-corrected chi connectivity index (χ3v) is 5.04. The zero-order valence-corrected chi connectivity index (χ0v) is 15.6. The van der Waals surface area contributed by atoms with Gasteiger partial charge in [0.25, 0.3) is 5.95 Å². The van der Waals surface area contributed by atoms with Crippen molar-refractivity contribution in [3.8, 4) is 0 Å². The van der Waals surface area contributed by atoms with Crippen molar-refractivity contribution in [1.82, 2.24) is 30.3 Å². The number of halogens is 1. The summed E-state index contributed by atoms with van der Waals surface area (Å²) < 4.78 is 5.42. The number of hydrogen-bond acceptors (Lipinski definition) is 8. The predicted octanol–water partition coefficient (Wildman–Crippen LogP) is 2.67. The van der Waals surface area contributed by atoms with Crippen LogP contribution in [0.3, 0.4) is 0 Å². The molecule has 0 aliphatic carbocycles. The maximum Gasteiger partial charge on any atom is 0.266 e. The lowest BCUT2D eigenvalue weighted by molar-refractivity contribution is 0.384. The molecule has 1 fully saturated rings. The summed E-state index contributed by atoms with van der Waals surface area (Å²) in [4.78, 5) is 15.2. The van der Waals surface area contributed by atoms with Crippen LogP contribution in [0.4, 0.5) is 11.8 Å². The summed E-state index contributed by atoms with van der Waals surface area (Å²) in [6.45, 7) is 1.61. The van der Waals surface area contributed by atoms with Crippen LogP contribution in [0.5, 0.6) is 0 Å². The first-order chi connectivity index (χ1) is 13.7. The molecular formula is C18H17ClN8O. The van der Waals surface area contributed by atoms with Crippen LogP contribution in [0.25, 0.3) is 11.0 Å². The van der Waals surface area contributed by atoms with Gasteiger partial charge in [-0.25, -0.2) is 9.97 Å². The molecule has 1 atom stereocenters. The summed E-state index contributed by atoms with van der Waals surface area (Å²) in [6.07, 6.45) is 4.79. The van der Waals surface area contributed by atoms with Crippen molar-refractivity contribution in [3.05, 3.63) is 53.3 Å². The molecule has 4 heterocycles. The number of benzene rings is 1. The molecule has 10 heteroatoms. The highest BCUT2D eigenvalue weighted by Gasteiger charge is 2.26. The molecule has 1 saturated heterocycles. The number of fused-ring (bicyclic) bond motifs is 1. The van der Waals surface area contributed by atoms with Crippen LogP contribution in [0, 0.1) is 0 Å². The smallest absolute Gasteiger partial charge is 0.266 e. The van der Waals surface area contributed by atoms with Gasteiger partial charge in [0.05, 0.1) is 18.0 Å². The van der Waals surface area contributed by atoms with E-state index in [1.807, 2.05) is 24.3 Å². The lowest BCUT2D eigenvalue weighted by Crippen LogP contribution is -2.27. The van der Waals surface area contributed by atoms with Crippen molar-refractivity contribution >= 4 is 34.4 Å². The first-order valence-corrected chi connectivity index (χ1v) is 9.35. The van der Waals surface area contributed by atoms with Gasteiger partial charge < -0.3 is 14.7 Å². The number of anilines is 2. The Balaban J connectivity index is 1.24. The predicted molar refractivity (Wildman–Crippen MR) is 104 cm³/mol. The van der Waals surface area contributed by atoms with E-state index < -0.39 is 0 Å². The van der Waals surface area contributed by atoms with E-state index >= 15 is 0 Å². The quantitative estimate of drug-likeness (QED) is 0.530. The second kappa shape index (κ2) is 7.08. The molecule has 1 aliphatic heterocycles. The molecule has 1 aliphatic rings. The van der Waals surface area contributed by atoms with Crippen LogP contribution >= 0.6 is 11.6 Å². The van der Waals surface area contributed by atoms with Gasteiger partial charge in [-0.2, -0.15) is 10.1 Å². The number of nitrogens with zero attached hydrogens (tertiary/aromatic N) is 6. The molecule has 0 saturated carbocycles. The van der Waals surface area contributed by atoms with E-state index in [1.165, 1.54) is 6.33 Å². The highest BCUT2D eigenvalue weighted by atomic mass is 35.5. The van der Waals surface area contributed by atoms with Crippen LogP contribution in [-0.4, -0.2) is 49.4 Å². The van der Waals surface area contributed by atoms with E-state index in [2.05, 4.69) is 40.5 Å². The summed E-state index contributed by atoms with van der Waals surface area (Å²) in [5.74, 6) is 1.98. The number of aromatic nitrogens is 6. The minimum atomic E-state index is 0.228. The van der Waals surface area contributed by atoms with Crippen LogP contribution < -0.4 is 10.2 Å². The molecule has 4 aromatic rings. The van der Waals surface area contributed by atoms with Crippen molar-refractivity contribution in [1.29, 1.82) is 0 Å². The molecule has 3 aromatic heterocycles. The monoisotopic (exact) mass is 396 g/mol. The summed E-state index contributed by atoms with van der Waals surface area (Å²) in [6, 6.07) is 7.86. The van der Waals surface area contributed by atoms with Crippen LogP contribution in [0.15, 0.2) is 41.3 Å². The van der Waals surface area contributed by atoms with Gasteiger partial charge in [-0.15, -0.1) is 0 Å². The summed E-state index contributed by atoms with van der Waals surface area (Å²) in [5.41, 5.74) is 1.80. The fourth-order valence-corrected chi connectivity index (χ4v) is 3.48. The minimum absolute atomic E-state index is 0.228. The summed E-state index contributed by atoms with van der Waals surface area (Å²) in [5, 5.41) is 16.1. The van der Waals surface area contributed by atoms with Gasteiger partial charge in [0, 0.05) is 24.2 Å². The van der Waals surface area contributed by atoms with Crippen molar-refractivity contribution in [2.45, 2.75) is 18.9 Å². The summed E-state index contributed by atoms with van der Waals surface area (Å²) >= 11 is 5.93. The van der Waals surface area contributed by atoms with Crippen molar-refractivity contribution in [2.24, 2.45) is 0 Å². The lowest BCUT2D eigenvalue weighted by Gasteiger charge is -2.15. The Kier molecular flexibility index (Phi) is 4.28. The van der Waals surface area contributed by atoms with Gasteiger partial charge in [0.2, 0.25) is 5.89 Å². The molecule has 0 bridgehead atoms. The molecule has 142 valence electrons. The van der Waals surface area contributed by atoms with Crippen LogP contribution in [-0.2, 0) is 6.42 Å². The van der Waals surface area contributed by atoms with Gasteiger partial charge in [-0.1, -0.05) is 23.7 Å². The molecule has 1 aromatic carbocycles. The molecule has 0 spiro atoms. The SMILES string of the molecule is Clc1ccc(Cc2nc(N3CC[C@H](Nc4ncnc5[nH]ncc45)C3)no2)cc1. The second-order valence-electron chi connectivity index (χ2n) is 6.72. The standard InChI is InChI=1S/C18H17ClN8O/c19-12-3-1-11(2-4-12)7-15-24-18(26-28-15)27-6-5-13(9-27)23-16-14-8-22-25-17(14)21-10-20-16/h1-4,8,10,13H,5-7,9H2,(H2,20,21,22,23,25)/t13-/m0/s1. The fraction of sp³-hybridized carbons (Fsp3) is 0.278. The number of rotatable bonds is 5. The van der Waals surface area contributed by atoms with Crippen molar-refractivity contribution < 1.29 is 4.52 Å². The number of H-pyrrole nitrogens is 1. The molecule has 28 heavy (non-hydrogen) atoms. The first-order valence-electron chi connectivity index (χ1n) is 8.97. The number of nitrogens with one attached hydrogen (secondary N) is 2. The van der Waals surface area contributed by atoms with E-state index in [0.717, 1.165) is 41.9 Å². The maximum atomic E-state index is 5.93. The number of hydrogen-bond donors (Lipinski definition) is 2. The van der Waals surface area contributed by atoms with Crippen molar-refractivity contribution in [3.63, 3.8) is 0 Å². The third kappa shape index (κ3) is 3.36. The Hall–Kier alpha value is -3.20. The van der Waals surface area contributed by atoms with Crippen molar-refractivity contribution in [2.75, 3.05) is 23.3 Å². The molecule has 9 nitrogen and oxygen atoms in total.